The van der Waals surface area contributed by atoms with Crippen LogP contribution in [-0.2, 0) is 0 Å². The molecule has 0 radical (unpaired) electrons. The van der Waals surface area contributed by atoms with Gasteiger partial charge in [0.05, 0.1) is 23.4 Å². The number of methoxy groups -OCH3 is 1. The molecule has 0 bridgehead atoms. The Labute approximate surface area is 125 Å². The van der Waals surface area contributed by atoms with Crippen molar-refractivity contribution in [1.29, 1.82) is 0 Å². The van der Waals surface area contributed by atoms with Crippen molar-refractivity contribution in [3.63, 3.8) is 0 Å². The second-order valence-corrected chi connectivity index (χ2v) is 5.06. The Hall–Kier alpha value is -2.36. The van der Waals surface area contributed by atoms with Gasteiger partial charge in [0.1, 0.15) is 0 Å². The molecule has 6 heteroatoms. The fourth-order valence-electron chi connectivity index (χ4n) is 1.60. The van der Waals surface area contributed by atoms with E-state index in [0.29, 0.717) is 10.6 Å². The van der Waals surface area contributed by atoms with Crippen molar-refractivity contribution in [3.8, 4) is 17.6 Å². The van der Waals surface area contributed by atoms with Crippen LogP contribution < -0.4 is 15.8 Å². The van der Waals surface area contributed by atoms with Gasteiger partial charge in [-0.2, -0.15) is 0 Å². The summed E-state index contributed by atoms with van der Waals surface area (Å²) in [5.74, 6) is 4.90. The Kier molecular flexibility index (Phi) is 4.93. The van der Waals surface area contributed by atoms with Crippen LogP contribution in [0.4, 0.5) is 10.1 Å². The van der Waals surface area contributed by atoms with E-state index in [1.54, 1.807) is 12.1 Å². The molecule has 4 nitrogen and oxygen atoms in total. The van der Waals surface area contributed by atoms with Crippen molar-refractivity contribution in [2.45, 2.75) is 0 Å². The molecule has 0 aliphatic heterocycles. The molecule has 0 unspecified atom stereocenters. The lowest BCUT2D eigenvalue weighted by Gasteiger charge is -2.06. The Bertz CT molecular complexity index is 716. The maximum atomic E-state index is 13.3. The van der Waals surface area contributed by atoms with Gasteiger partial charge in [0.25, 0.3) is 5.91 Å². The number of carbonyl (C=O) groups is 1. The lowest BCUT2D eigenvalue weighted by Crippen LogP contribution is -2.10. The molecule has 0 aliphatic carbocycles. The maximum Gasteiger partial charge on any atom is 0.265 e. The fourth-order valence-corrected chi connectivity index (χ4v) is 2.37. The van der Waals surface area contributed by atoms with Crippen LogP contribution in [0.3, 0.4) is 0 Å². The van der Waals surface area contributed by atoms with E-state index in [1.807, 2.05) is 0 Å². The van der Waals surface area contributed by atoms with Gasteiger partial charge in [0.2, 0.25) is 0 Å². The molecule has 0 saturated carbocycles. The number of benzene rings is 1. The van der Waals surface area contributed by atoms with Gasteiger partial charge >= 0.3 is 0 Å². The zero-order chi connectivity index (χ0) is 15.2. The molecule has 0 atom stereocenters. The molecule has 1 aromatic carbocycles. The van der Waals surface area contributed by atoms with E-state index in [2.05, 4.69) is 17.2 Å². The molecule has 0 spiro atoms. The molecule has 1 amide bonds. The van der Waals surface area contributed by atoms with Gasteiger partial charge in [-0.15, -0.1) is 11.3 Å². The highest BCUT2D eigenvalue weighted by atomic mass is 32.1. The summed E-state index contributed by atoms with van der Waals surface area (Å²) in [6.07, 6.45) is 0. The van der Waals surface area contributed by atoms with Gasteiger partial charge in [0, 0.05) is 11.8 Å². The summed E-state index contributed by atoms with van der Waals surface area (Å²) >= 11 is 1.27. The van der Waals surface area contributed by atoms with Crippen molar-refractivity contribution in [3.05, 3.63) is 45.9 Å². The monoisotopic (exact) mass is 304 g/mol. The van der Waals surface area contributed by atoms with Crippen molar-refractivity contribution in [2.75, 3.05) is 19.0 Å². The number of anilines is 1. The molecule has 1 heterocycles. The molecule has 3 N–H and O–H groups in total. The SMILES string of the molecule is COc1cc(NC(=O)c2ccc(C#CCN)s2)ccc1F. The summed E-state index contributed by atoms with van der Waals surface area (Å²) in [5, 5.41) is 2.68. The number of ether oxygens (including phenoxy) is 1. The Balaban J connectivity index is 2.12. The van der Waals surface area contributed by atoms with Crippen molar-refractivity contribution < 1.29 is 13.9 Å². The standard InChI is InChI=1S/C15H13FN2O2S/c1-20-13-9-10(4-6-12(13)16)18-15(19)14-7-5-11(21-14)3-2-8-17/h4-7,9H,8,17H2,1H3,(H,18,19). The number of carbonyl (C=O) groups excluding carboxylic acids is 1. The number of nitrogens with two attached hydrogens (primary N) is 1. The van der Waals surface area contributed by atoms with Crippen molar-refractivity contribution in [1.82, 2.24) is 0 Å². The van der Waals surface area contributed by atoms with Crippen molar-refractivity contribution in [2.24, 2.45) is 5.73 Å². The van der Waals surface area contributed by atoms with Crippen LogP contribution in [0.15, 0.2) is 30.3 Å². The van der Waals surface area contributed by atoms with Gasteiger partial charge in [-0.1, -0.05) is 11.8 Å². The predicted octanol–water partition coefficient (Wildman–Crippen LogP) is 2.46. The predicted molar refractivity (Wildman–Crippen MR) is 81.2 cm³/mol. The van der Waals surface area contributed by atoms with Crippen LogP contribution in [0, 0.1) is 17.7 Å². The quantitative estimate of drug-likeness (QED) is 0.856. The molecule has 0 saturated heterocycles. The molecule has 2 aromatic rings. The molecule has 0 fully saturated rings. The summed E-state index contributed by atoms with van der Waals surface area (Å²) < 4.78 is 18.2. The lowest BCUT2D eigenvalue weighted by molar-refractivity contribution is 0.103. The third-order valence-electron chi connectivity index (χ3n) is 2.55. The minimum absolute atomic E-state index is 0.0773. The number of nitrogens with one attached hydrogen (secondary N) is 1. The molecule has 1 aromatic heterocycles. The number of amides is 1. The minimum Gasteiger partial charge on any atom is -0.494 e. The summed E-state index contributed by atoms with van der Waals surface area (Å²) in [6, 6.07) is 7.57. The third-order valence-corrected chi connectivity index (χ3v) is 3.55. The number of rotatable bonds is 3. The van der Waals surface area contributed by atoms with Gasteiger partial charge in [-0.25, -0.2) is 4.39 Å². The number of hydrogen-bond acceptors (Lipinski definition) is 4. The maximum absolute atomic E-state index is 13.3. The van der Waals surface area contributed by atoms with Gasteiger partial charge in [-0.05, 0) is 24.3 Å². The van der Waals surface area contributed by atoms with Crippen LogP contribution in [0.2, 0.25) is 0 Å². The van der Waals surface area contributed by atoms with E-state index in [0.717, 1.165) is 4.88 Å². The summed E-state index contributed by atoms with van der Waals surface area (Å²) in [4.78, 5) is 13.4. The van der Waals surface area contributed by atoms with Gasteiger partial charge < -0.3 is 15.8 Å². The van der Waals surface area contributed by atoms with Crippen LogP contribution in [0.25, 0.3) is 0 Å². The van der Waals surface area contributed by atoms with Gasteiger partial charge in [-0.3, -0.25) is 4.79 Å². The fraction of sp³-hybridized carbons (Fsp3) is 0.133. The topological polar surface area (TPSA) is 64.3 Å². The van der Waals surface area contributed by atoms with Gasteiger partial charge in [0.15, 0.2) is 11.6 Å². The molecular formula is C15H13FN2O2S. The van der Waals surface area contributed by atoms with E-state index in [-0.39, 0.29) is 18.2 Å². The highest BCUT2D eigenvalue weighted by molar-refractivity contribution is 7.14. The number of halogens is 1. The average Bonchev–Trinajstić information content (AvgIpc) is 2.96. The Morgan fingerprint density at radius 1 is 1.43 bits per heavy atom. The van der Waals surface area contributed by atoms with E-state index < -0.39 is 5.82 Å². The average molecular weight is 304 g/mol. The molecular weight excluding hydrogens is 291 g/mol. The highest BCUT2D eigenvalue weighted by Gasteiger charge is 2.10. The second kappa shape index (κ2) is 6.88. The minimum atomic E-state index is -0.481. The molecule has 108 valence electrons. The van der Waals surface area contributed by atoms with Crippen LogP contribution >= 0.6 is 11.3 Å². The van der Waals surface area contributed by atoms with Crippen LogP contribution in [-0.4, -0.2) is 19.6 Å². The Morgan fingerprint density at radius 3 is 2.95 bits per heavy atom. The van der Waals surface area contributed by atoms with E-state index >= 15 is 0 Å². The van der Waals surface area contributed by atoms with Crippen LogP contribution in [0.1, 0.15) is 14.5 Å². The highest BCUT2D eigenvalue weighted by Crippen LogP contribution is 2.23. The first-order valence-electron chi connectivity index (χ1n) is 6.07. The number of hydrogen-bond donors (Lipinski definition) is 2. The van der Waals surface area contributed by atoms with Crippen molar-refractivity contribution >= 4 is 22.9 Å². The molecule has 21 heavy (non-hydrogen) atoms. The largest absolute Gasteiger partial charge is 0.494 e. The van der Waals surface area contributed by atoms with E-state index in [4.69, 9.17) is 10.5 Å². The summed E-state index contributed by atoms with van der Waals surface area (Å²) in [7, 11) is 1.37. The smallest absolute Gasteiger partial charge is 0.265 e. The first-order valence-corrected chi connectivity index (χ1v) is 6.89. The molecule has 0 aliphatic rings. The van der Waals surface area contributed by atoms with Crippen LogP contribution in [0.5, 0.6) is 5.75 Å². The summed E-state index contributed by atoms with van der Waals surface area (Å²) in [5.41, 5.74) is 5.75. The first-order chi connectivity index (χ1) is 10.1. The Morgan fingerprint density at radius 2 is 2.24 bits per heavy atom. The summed E-state index contributed by atoms with van der Waals surface area (Å²) in [6.45, 7) is 0.273. The van der Waals surface area contributed by atoms with E-state index in [9.17, 15) is 9.18 Å². The lowest BCUT2D eigenvalue weighted by atomic mass is 10.3. The second-order valence-electron chi connectivity index (χ2n) is 3.97. The zero-order valence-electron chi connectivity index (χ0n) is 11.3. The normalized spacial score (nSPS) is 9.67. The zero-order valence-corrected chi connectivity index (χ0v) is 12.1. The number of thiophene rings is 1. The van der Waals surface area contributed by atoms with E-state index in [1.165, 1.54) is 36.6 Å². The third kappa shape index (κ3) is 3.81. The molecule has 2 rings (SSSR count). The first kappa shape index (κ1) is 15.0.